The van der Waals surface area contributed by atoms with Gasteiger partial charge in [-0.25, -0.2) is 4.79 Å². The Morgan fingerprint density at radius 1 is 1.40 bits per heavy atom. The van der Waals surface area contributed by atoms with Crippen molar-refractivity contribution in [1.82, 2.24) is 19.6 Å². The van der Waals surface area contributed by atoms with Crippen molar-refractivity contribution in [3.05, 3.63) is 34.3 Å². The molecule has 1 unspecified atom stereocenters. The maximum absolute atomic E-state index is 12.4. The van der Waals surface area contributed by atoms with Gasteiger partial charge in [0.05, 0.1) is 30.2 Å². The Bertz CT molecular complexity index is 795. The molecule has 0 aliphatic carbocycles. The average molecular weight is 350 g/mol. The highest BCUT2D eigenvalue weighted by Crippen LogP contribution is 2.17. The van der Waals surface area contributed by atoms with Gasteiger partial charge in [0.25, 0.3) is 0 Å². The summed E-state index contributed by atoms with van der Waals surface area (Å²) in [4.78, 5) is 34.3. The van der Waals surface area contributed by atoms with Crippen LogP contribution in [0.2, 0.25) is 0 Å². The van der Waals surface area contributed by atoms with Gasteiger partial charge >= 0.3 is 11.7 Å². The first-order valence-electron chi connectivity index (χ1n) is 7.50. The first-order chi connectivity index (χ1) is 11.8. The predicted octanol–water partition coefficient (Wildman–Crippen LogP) is 0.976. The smallest absolute Gasteiger partial charge is 0.343 e. The molecule has 25 heavy (non-hydrogen) atoms. The second kappa shape index (κ2) is 7.55. The van der Waals surface area contributed by atoms with Crippen molar-refractivity contribution in [2.45, 2.75) is 20.4 Å². The van der Waals surface area contributed by atoms with Gasteiger partial charge in [-0.05, 0) is 6.92 Å². The fourth-order valence-electron chi connectivity index (χ4n) is 2.09. The average Bonchev–Trinajstić information content (AvgIpc) is 3.15. The summed E-state index contributed by atoms with van der Waals surface area (Å²) in [6.07, 6.45) is 3.68. The van der Waals surface area contributed by atoms with E-state index in [1.165, 1.54) is 21.8 Å². The van der Waals surface area contributed by atoms with Crippen LogP contribution < -0.4 is 5.32 Å². The van der Waals surface area contributed by atoms with Crippen molar-refractivity contribution in [3.8, 4) is 0 Å². The van der Waals surface area contributed by atoms with Crippen LogP contribution in [0.1, 0.15) is 24.2 Å². The normalized spacial score (nSPS) is 11.8. The minimum absolute atomic E-state index is 0.145. The Labute approximate surface area is 142 Å². The van der Waals surface area contributed by atoms with Crippen LogP contribution in [0.5, 0.6) is 0 Å². The van der Waals surface area contributed by atoms with Crippen LogP contribution in [-0.4, -0.2) is 43.0 Å². The first-order valence-corrected chi connectivity index (χ1v) is 7.50. The lowest BCUT2D eigenvalue weighted by Crippen LogP contribution is -2.26. The molecule has 0 aromatic carbocycles. The van der Waals surface area contributed by atoms with Crippen LogP contribution in [0.4, 0.5) is 11.5 Å². The molecule has 0 fully saturated rings. The fraction of sp³-hybridized carbons (Fsp3) is 0.429. The lowest BCUT2D eigenvalue weighted by Gasteiger charge is -2.13. The van der Waals surface area contributed by atoms with Gasteiger partial charge in [0.2, 0.25) is 5.91 Å². The van der Waals surface area contributed by atoms with Crippen molar-refractivity contribution in [2.75, 3.05) is 11.9 Å². The van der Waals surface area contributed by atoms with Crippen molar-refractivity contribution in [3.63, 3.8) is 0 Å². The number of aryl methyl sites for hydroxylation is 1. The molecule has 11 nitrogen and oxygen atoms in total. The minimum atomic E-state index is -0.582. The molecule has 0 aliphatic rings. The van der Waals surface area contributed by atoms with Gasteiger partial charge in [0, 0.05) is 7.05 Å². The highest BCUT2D eigenvalue weighted by molar-refractivity contribution is 6.00. The van der Waals surface area contributed by atoms with Crippen LogP contribution in [0, 0.1) is 16.0 Å². The highest BCUT2D eigenvalue weighted by atomic mass is 16.6. The number of rotatable bonds is 7. The van der Waals surface area contributed by atoms with E-state index in [2.05, 4.69) is 15.5 Å². The number of ether oxygens (including phenoxy) is 1. The first kappa shape index (κ1) is 18.1. The maximum Gasteiger partial charge on any atom is 0.343 e. The third-order valence-electron chi connectivity index (χ3n) is 3.41. The molecule has 1 atom stereocenters. The van der Waals surface area contributed by atoms with E-state index in [9.17, 15) is 19.7 Å². The monoisotopic (exact) mass is 350 g/mol. The summed E-state index contributed by atoms with van der Waals surface area (Å²) in [5.41, 5.74) is 0.00321. The standard InChI is InChI=1S/C14H18N6O5/c1-4-25-14(22)11-6-15-18(3)12(11)17-13(21)9(2)7-19-8-10(5-16-19)20(23)24/h5-6,8-9H,4,7H2,1-3H3,(H,17,21). The van der Waals surface area contributed by atoms with E-state index in [0.29, 0.717) is 0 Å². The van der Waals surface area contributed by atoms with Crippen LogP contribution in [0.15, 0.2) is 18.6 Å². The molecule has 2 aromatic rings. The molecule has 134 valence electrons. The Morgan fingerprint density at radius 2 is 2.12 bits per heavy atom. The minimum Gasteiger partial charge on any atom is -0.462 e. The van der Waals surface area contributed by atoms with Crippen LogP contribution in [0.25, 0.3) is 0 Å². The van der Waals surface area contributed by atoms with Crippen molar-refractivity contribution in [2.24, 2.45) is 13.0 Å². The van der Waals surface area contributed by atoms with E-state index in [1.54, 1.807) is 20.9 Å². The Kier molecular flexibility index (Phi) is 5.47. The molecule has 0 saturated carbocycles. The third-order valence-corrected chi connectivity index (χ3v) is 3.41. The van der Waals surface area contributed by atoms with Gasteiger partial charge < -0.3 is 10.1 Å². The molecular weight excluding hydrogens is 332 g/mol. The van der Waals surface area contributed by atoms with Crippen LogP contribution in [0.3, 0.4) is 0 Å². The number of amides is 1. The van der Waals surface area contributed by atoms with Gasteiger partial charge in [0.15, 0.2) is 0 Å². The third kappa shape index (κ3) is 4.19. The maximum atomic E-state index is 12.4. The summed E-state index contributed by atoms with van der Waals surface area (Å²) >= 11 is 0. The van der Waals surface area contributed by atoms with E-state index < -0.39 is 16.8 Å². The van der Waals surface area contributed by atoms with Gasteiger partial charge in [-0.15, -0.1) is 0 Å². The largest absolute Gasteiger partial charge is 0.462 e. The van der Waals surface area contributed by atoms with Gasteiger partial charge in [0.1, 0.15) is 23.8 Å². The Balaban J connectivity index is 2.07. The van der Waals surface area contributed by atoms with Crippen molar-refractivity contribution >= 4 is 23.4 Å². The molecule has 0 saturated heterocycles. The molecule has 2 aromatic heterocycles. The molecular formula is C14H18N6O5. The Hall–Kier alpha value is -3.24. The van der Waals surface area contributed by atoms with Crippen molar-refractivity contribution in [1.29, 1.82) is 0 Å². The topological polar surface area (TPSA) is 134 Å². The van der Waals surface area contributed by atoms with E-state index >= 15 is 0 Å². The van der Waals surface area contributed by atoms with Gasteiger partial charge in [-0.1, -0.05) is 6.92 Å². The number of nitrogens with zero attached hydrogens (tertiary/aromatic N) is 5. The second-order valence-corrected chi connectivity index (χ2v) is 5.32. The number of carbonyl (C=O) groups is 2. The van der Waals surface area contributed by atoms with Crippen LogP contribution >= 0.6 is 0 Å². The molecule has 1 N–H and O–H groups in total. The molecule has 11 heteroatoms. The van der Waals surface area contributed by atoms with E-state index in [1.807, 2.05) is 0 Å². The number of nitro groups is 1. The van der Waals surface area contributed by atoms with Gasteiger partial charge in [-0.3, -0.25) is 24.3 Å². The van der Waals surface area contributed by atoms with E-state index in [4.69, 9.17) is 4.74 Å². The quantitative estimate of drug-likeness (QED) is 0.447. The highest BCUT2D eigenvalue weighted by Gasteiger charge is 2.22. The molecule has 1 amide bonds. The number of anilines is 1. The number of carbonyl (C=O) groups excluding carboxylic acids is 2. The summed E-state index contributed by atoms with van der Waals surface area (Å²) in [6.45, 7) is 3.67. The van der Waals surface area contributed by atoms with E-state index in [0.717, 1.165) is 6.20 Å². The molecule has 2 heterocycles. The molecule has 0 aliphatic heterocycles. The second-order valence-electron chi connectivity index (χ2n) is 5.32. The lowest BCUT2D eigenvalue weighted by molar-refractivity contribution is -0.385. The van der Waals surface area contributed by atoms with E-state index in [-0.39, 0.29) is 36.1 Å². The zero-order chi connectivity index (χ0) is 18.6. The molecule has 0 spiro atoms. The van der Waals surface area contributed by atoms with Crippen LogP contribution in [-0.2, 0) is 23.1 Å². The lowest BCUT2D eigenvalue weighted by atomic mass is 10.1. The molecule has 2 rings (SSSR count). The summed E-state index contributed by atoms with van der Waals surface area (Å²) in [5.74, 6) is -1.29. The fourth-order valence-corrected chi connectivity index (χ4v) is 2.09. The summed E-state index contributed by atoms with van der Waals surface area (Å²) in [6, 6.07) is 0. The van der Waals surface area contributed by atoms with Gasteiger partial charge in [-0.2, -0.15) is 10.2 Å². The molecule has 0 radical (unpaired) electrons. The summed E-state index contributed by atoms with van der Waals surface area (Å²) < 4.78 is 7.60. The number of hydrogen-bond acceptors (Lipinski definition) is 7. The number of nitrogens with one attached hydrogen (secondary N) is 1. The van der Waals surface area contributed by atoms with Crippen molar-refractivity contribution < 1.29 is 19.2 Å². The molecule has 0 bridgehead atoms. The number of hydrogen-bond donors (Lipinski definition) is 1. The zero-order valence-electron chi connectivity index (χ0n) is 14.0. The summed E-state index contributed by atoms with van der Waals surface area (Å²) in [5, 5.41) is 21.1. The Morgan fingerprint density at radius 3 is 2.72 bits per heavy atom. The SMILES string of the molecule is CCOC(=O)c1cnn(C)c1NC(=O)C(C)Cn1cc([N+](=O)[O-])cn1. The summed E-state index contributed by atoms with van der Waals surface area (Å²) in [7, 11) is 1.58. The predicted molar refractivity (Wildman–Crippen MR) is 85.8 cm³/mol. The number of esters is 1. The number of aromatic nitrogens is 4. The zero-order valence-corrected chi connectivity index (χ0v) is 14.0.